The van der Waals surface area contributed by atoms with Crippen LogP contribution in [0.1, 0.15) is 20.3 Å². The van der Waals surface area contributed by atoms with Gasteiger partial charge in [0.2, 0.25) is 0 Å². The maximum atomic E-state index is 11.9. The Morgan fingerprint density at radius 1 is 1.28 bits per heavy atom. The topological polar surface area (TPSA) is 58.6 Å². The summed E-state index contributed by atoms with van der Waals surface area (Å²) in [6.07, 6.45) is 1.32. The van der Waals surface area contributed by atoms with E-state index in [4.69, 9.17) is 4.74 Å². The van der Waals surface area contributed by atoms with Crippen molar-refractivity contribution in [3.05, 3.63) is 0 Å². The minimum Gasteiger partial charge on any atom is -0.380 e. The fourth-order valence-corrected chi connectivity index (χ4v) is 4.60. The number of nitrogens with zero attached hydrogens (tertiary/aromatic N) is 1. The molecule has 5 nitrogen and oxygen atoms in total. The largest absolute Gasteiger partial charge is 0.380 e. The molecule has 0 aromatic carbocycles. The summed E-state index contributed by atoms with van der Waals surface area (Å²) in [6.45, 7) is 6.77. The smallest absolute Gasteiger partial charge is 0.157 e. The van der Waals surface area contributed by atoms with Gasteiger partial charge in [-0.15, -0.1) is 0 Å². The van der Waals surface area contributed by atoms with Crippen molar-refractivity contribution in [1.82, 2.24) is 10.2 Å². The molecule has 0 saturated carbocycles. The number of methoxy groups -OCH3 is 1. The van der Waals surface area contributed by atoms with Crippen molar-refractivity contribution in [3.8, 4) is 0 Å². The Kier molecular flexibility index (Phi) is 4.31. The average molecular weight is 276 g/mol. The van der Waals surface area contributed by atoms with Gasteiger partial charge in [-0.2, -0.15) is 0 Å². The zero-order chi connectivity index (χ0) is 13.3. The highest BCUT2D eigenvalue weighted by Crippen LogP contribution is 2.20. The highest BCUT2D eigenvalue weighted by Gasteiger charge is 2.37. The van der Waals surface area contributed by atoms with Crippen LogP contribution in [-0.4, -0.2) is 69.3 Å². The van der Waals surface area contributed by atoms with E-state index in [1.165, 1.54) is 0 Å². The second-order valence-corrected chi connectivity index (χ2v) is 8.41. The Balaban J connectivity index is 1.89. The number of hydrogen-bond donors (Lipinski definition) is 1. The van der Waals surface area contributed by atoms with Gasteiger partial charge in [0, 0.05) is 39.3 Å². The SMILES string of the molecule is CO[C@@H]1CN[C@H](CN2CC(C)S(=O)(=O)C(C)C2)C1. The van der Waals surface area contributed by atoms with Crippen LogP contribution in [0.2, 0.25) is 0 Å². The molecule has 0 bridgehead atoms. The summed E-state index contributed by atoms with van der Waals surface area (Å²) in [5.41, 5.74) is 0. The molecule has 4 atom stereocenters. The zero-order valence-electron chi connectivity index (χ0n) is 11.4. The van der Waals surface area contributed by atoms with Gasteiger partial charge in [-0.25, -0.2) is 8.42 Å². The van der Waals surface area contributed by atoms with Gasteiger partial charge < -0.3 is 10.1 Å². The molecular formula is C12H24N2O3S. The molecule has 0 radical (unpaired) electrons. The first-order valence-corrected chi connectivity index (χ1v) is 8.25. The van der Waals surface area contributed by atoms with Crippen LogP contribution >= 0.6 is 0 Å². The minimum absolute atomic E-state index is 0.249. The second-order valence-electron chi connectivity index (χ2n) is 5.63. The number of ether oxygens (including phenoxy) is 1. The molecule has 0 aromatic rings. The fourth-order valence-electron chi connectivity index (χ4n) is 2.97. The van der Waals surface area contributed by atoms with Gasteiger partial charge >= 0.3 is 0 Å². The van der Waals surface area contributed by atoms with Crippen LogP contribution in [0.4, 0.5) is 0 Å². The summed E-state index contributed by atoms with van der Waals surface area (Å²) >= 11 is 0. The van der Waals surface area contributed by atoms with Crippen molar-refractivity contribution < 1.29 is 13.2 Å². The van der Waals surface area contributed by atoms with E-state index in [-0.39, 0.29) is 10.5 Å². The molecule has 2 aliphatic rings. The van der Waals surface area contributed by atoms with Crippen molar-refractivity contribution >= 4 is 9.84 Å². The van der Waals surface area contributed by atoms with E-state index in [1.807, 2.05) is 13.8 Å². The molecule has 2 fully saturated rings. The minimum atomic E-state index is -2.91. The van der Waals surface area contributed by atoms with Crippen LogP contribution in [-0.2, 0) is 14.6 Å². The van der Waals surface area contributed by atoms with Crippen molar-refractivity contribution in [2.45, 2.75) is 42.9 Å². The number of rotatable bonds is 3. The van der Waals surface area contributed by atoms with Crippen molar-refractivity contribution in [2.24, 2.45) is 0 Å². The van der Waals surface area contributed by atoms with Gasteiger partial charge in [-0.3, -0.25) is 4.90 Å². The van der Waals surface area contributed by atoms with Gasteiger partial charge in [-0.05, 0) is 20.3 Å². The average Bonchev–Trinajstić information content (AvgIpc) is 2.74. The van der Waals surface area contributed by atoms with Gasteiger partial charge in [-0.1, -0.05) is 0 Å². The highest BCUT2D eigenvalue weighted by atomic mass is 32.2. The van der Waals surface area contributed by atoms with Gasteiger partial charge in [0.25, 0.3) is 0 Å². The van der Waals surface area contributed by atoms with Crippen molar-refractivity contribution in [1.29, 1.82) is 0 Å². The maximum Gasteiger partial charge on any atom is 0.157 e. The molecule has 6 heteroatoms. The number of hydrogen-bond acceptors (Lipinski definition) is 5. The van der Waals surface area contributed by atoms with E-state index in [2.05, 4.69) is 10.2 Å². The third-order valence-electron chi connectivity index (χ3n) is 4.15. The predicted octanol–water partition coefficient (Wildman–Crippen LogP) is -0.129. The molecule has 2 saturated heterocycles. The molecular weight excluding hydrogens is 252 g/mol. The summed E-state index contributed by atoms with van der Waals surface area (Å²) < 4.78 is 29.2. The fraction of sp³-hybridized carbons (Fsp3) is 1.00. The molecule has 2 rings (SSSR count). The standard InChI is InChI=1S/C12H24N2O3S/c1-9-6-14(7-10(2)18(9,15)16)8-11-4-12(17-3)5-13-11/h9-13H,4-8H2,1-3H3/t9?,10?,11-,12-/m0/s1. The maximum absolute atomic E-state index is 11.9. The van der Waals surface area contributed by atoms with Crippen LogP contribution in [0, 0.1) is 0 Å². The molecule has 106 valence electrons. The molecule has 0 aliphatic carbocycles. The lowest BCUT2D eigenvalue weighted by molar-refractivity contribution is 0.115. The summed E-state index contributed by atoms with van der Waals surface area (Å²) in [5.74, 6) is 0. The number of nitrogens with one attached hydrogen (secondary N) is 1. The summed E-state index contributed by atoms with van der Waals surface area (Å²) in [5, 5.41) is 2.94. The Morgan fingerprint density at radius 2 is 1.89 bits per heavy atom. The first-order chi connectivity index (χ1) is 8.43. The van der Waals surface area contributed by atoms with Crippen LogP contribution in [0.25, 0.3) is 0 Å². The third kappa shape index (κ3) is 2.87. The van der Waals surface area contributed by atoms with E-state index in [0.29, 0.717) is 25.2 Å². The Labute approximate surface area is 110 Å². The van der Waals surface area contributed by atoms with E-state index in [9.17, 15) is 8.42 Å². The summed E-state index contributed by atoms with van der Waals surface area (Å²) in [7, 11) is -1.17. The first kappa shape index (κ1) is 14.2. The molecule has 1 N–H and O–H groups in total. The highest BCUT2D eigenvalue weighted by molar-refractivity contribution is 7.92. The predicted molar refractivity (Wildman–Crippen MR) is 71.5 cm³/mol. The molecule has 18 heavy (non-hydrogen) atoms. The van der Waals surface area contributed by atoms with Gasteiger partial charge in [0.1, 0.15) is 0 Å². The van der Waals surface area contributed by atoms with Crippen LogP contribution in [0.15, 0.2) is 0 Å². The molecule has 0 spiro atoms. The van der Waals surface area contributed by atoms with E-state index < -0.39 is 9.84 Å². The normalized spacial score (nSPS) is 41.1. The quantitative estimate of drug-likeness (QED) is 0.778. The van der Waals surface area contributed by atoms with Crippen molar-refractivity contribution in [2.75, 3.05) is 33.3 Å². The van der Waals surface area contributed by atoms with Crippen LogP contribution in [0.3, 0.4) is 0 Å². The van der Waals surface area contributed by atoms with E-state index >= 15 is 0 Å². The van der Waals surface area contributed by atoms with Gasteiger partial charge in [0.05, 0.1) is 16.6 Å². The van der Waals surface area contributed by atoms with E-state index in [0.717, 1.165) is 19.5 Å². The zero-order valence-corrected chi connectivity index (χ0v) is 12.2. The monoisotopic (exact) mass is 276 g/mol. The first-order valence-electron chi connectivity index (χ1n) is 6.64. The molecule has 2 unspecified atom stereocenters. The third-order valence-corrected chi connectivity index (χ3v) is 6.69. The summed E-state index contributed by atoms with van der Waals surface area (Å²) in [4.78, 5) is 2.27. The molecule has 0 amide bonds. The van der Waals surface area contributed by atoms with Gasteiger partial charge in [0.15, 0.2) is 9.84 Å². The Bertz CT molecular complexity index is 367. The Hall–Kier alpha value is -0.170. The second kappa shape index (κ2) is 5.45. The molecule has 0 aromatic heterocycles. The number of sulfone groups is 1. The van der Waals surface area contributed by atoms with E-state index in [1.54, 1.807) is 7.11 Å². The lowest BCUT2D eigenvalue weighted by Crippen LogP contribution is -2.52. The lowest BCUT2D eigenvalue weighted by Gasteiger charge is -2.36. The Morgan fingerprint density at radius 3 is 2.39 bits per heavy atom. The van der Waals surface area contributed by atoms with Crippen LogP contribution < -0.4 is 5.32 Å². The van der Waals surface area contributed by atoms with Crippen LogP contribution in [0.5, 0.6) is 0 Å². The van der Waals surface area contributed by atoms with Crippen molar-refractivity contribution in [3.63, 3.8) is 0 Å². The molecule has 2 heterocycles. The molecule has 2 aliphatic heterocycles. The summed E-state index contributed by atoms with van der Waals surface area (Å²) in [6, 6.07) is 0.426. The lowest BCUT2D eigenvalue weighted by atomic mass is 10.2.